The van der Waals surface area contributed by atoms with Crippen LogP contribution in [0.25, 0.3) is 0 Å². The topological polar surface area (TPSA) is 40.5 Å². The molecule has 21 heavy (non-hydrogen) atoms. The van der Waals surface area contributed by atoms with E-state index in [1.807, 2.05) is 36.1 Å². The molecular formula is C18H29NO2. The first-order valence-electron chi connectivity index (χ1n) is 8.17. The molecule has 0 saturated carbocycles. The van der Waals surface area contributed by atoms with Crippen LogP contribution in [0.5, 0.6) is 0 Å². The Morgan fingerprint density at radius 2 is 1.57 bits per heavy atom. The van der Waals surface area contributed by atoms with E-state index in [4.69, 9.17) is 5.11 Å². The largest absolute Gasteiger partial charge is 0.480 e. The quantitative estimate of drug-likeness (QED) is 0.604. The molecule has 0 saturated heterocycles. The highest BCUT2D eigenvalue weighted by Crippen LogP contribution is 2.16. The molecule has 0 aromatic heterocycles. The predicted octanol–water partition coefficient (Wildman–Crippen LogP) is 4.64. The van der Waals surface area contributed by atoms with Crippen LogP contribution in [0, 0.1) is 6.92 Å². The summed E-state index contributed by atoms with van der Waals surface area (Å²) in [6.07, 6.45) is 8.74. The maximum Gasteiger partial charge on any atom is 0.323 e. The molecule has 1 aromatic rings. The zero-order chi connectivity index (χ0) is 15.5. The van der Waals surface area contributed by atoms with Crippen LogP contribution in [-0.2, 0) is 4.79 Å². The van der Waals surface area contributed by atoms with Crippen molar-refractivity contribution in [2.75, 3.05) is 18.0 Å². The molecule has 0 spiro atoms. The van der Waals surface area contributed by atoms with Gasteiger partial charge in [-0.15, -0.1) is 0 Å². The number of hydrogen-bond acceptors (Lipinski definition) is 2. The van der Waals surface area contributed by atoms with Gasteiger partial charge >= 0.3 is 5.97 Å². The van der Waals surface area contributed by atoms with E-state index in [0.29, 0.717) is 0 Å². The summed E-state index contributed by atoms with van der Waals surface area (Å²) in [6.45, 7) is 5.18. The summed E-state index contributed by atoms with van der Waals surface area (Å²) in [7, 11) is 0. The molecule has 0 amide bonds. The van der Waals surface area contributed by atoms with Gasteiger partial charge in [0, 0.05) is 12.2 Å². The highest BCUT2D eigenvalue weighted by molar-refractivity contribution is 5.73. The number of carboxylic acid groups (broad SMARTS) is 1. The van der Waals surface area contributed by atoms with Crippen LogP contribution in [0.4, 0.5) is 5.69 Å². The van der Waals surface area contributed by atoms with Crippen molar-refractivity contribution in [1.82, 2.24) is 0 Å². The van der Waals surface area contributed by atoms with Crippen LogP contribution in [0.15, 0.2) is 24.3 Å². The lowest BCUT2D eigenvalue weighted by molar-refractivity contribution is -0.135. The number of unbranched alkanes of at least 4 members (excludes halogenated alkanes) is 6. The molecule has 0 atom stereocenters. The lowest BCUT2D eigenvalue weighted by Gasteiger charge is -2.23. The van der Waals surface area contributed by atoms with E-state index in [1.54, 1.807) is 0 Å². The van der Waals surface area contributed by atoms with E-state index in [1.165, 1.54) is 44.1 Å². The summed E-state index contributed by atoms with van der Waals surface area (Å²) >= 11 is 0. The molecule has 118 valence electrons. The molecule has 0 aliphatic rings. The van der Waals surface area contributed by atoms with Crippen LogP contribution in [0.2, 0.25) is 0 Å². The van der Waals surface area contributed by atoms with Crippen LogP contribution >= 0.6 is 0 Å². The number of carboxylic acids is 1. The standard InChI is InChI=1S/C18H29NO2/c1-3-4-5-6-7-8-9-14-19(15-18(20)21)17-12-10-16(2)11-13-17/h10-13H,3-9,14-15H2,1-2H3,(H,20,21). The maximum atomic E-state index is 11.0. The third kappa shape index (κ3) is 7.74. The van der Waals surface area contributed by atoms with Crippen molar-refractivity contribution in [3.63, 3.8) is 0 Å². The SMILES string of the molecule is CCCCCCCCCN(CC(=O)O)c1ccc(C)cc1. The Kier molecular flexibility index (Phi) is 8.56. The first kappa shape index (κ1) is 17.5. The molecule has 3 heteroatoms. The fourth-order valence-electron chi connectivity index (χ4n) is 2.48. The van der Waals surface area contributed by atoms with Crippen LogP contribution in [0.1, 0.15) is 57.4 Å². The average Bonchev–Trinajstić information content (AvgIpc) is 2.45. The number of benzene rings is 1. The summed E-state index contributed by atoms with van der Waals surface area (Å²) in [5, 5.41) is 9.06. The van der Waals surface area contributed by atoms with Gasteiger partial charge in [0.15, 0.2) is 0 Å². The second kappa shape index (κ2) is 10.3. The predicted molar refractivity (Wildman–Crippen MR) is 89.0 cm³/mol. The van der Waals surface area contributed by atoms with Crippen molar-refractivity contribution in [2.45, 2.75) is 58.8 Å². The highest BCUT2D eigenvalue weighted by Gasteiger charge is 2.10. The van der Waals surface area contributed by atoms with Crippen molar-refractivity contribution in [2.24, 2.45) is 0 Å². The lowest BCUT2D eigenvalue weighted by Crippen LogP contribution is -2.30. The van der Waals surface area contributed by atoms with Crippen LogP contribution in [-0.4, -0.2) is 24.2 Å². The minimum absolute atomic E-state index is 0.0822. The van der Waals surface area contributed by atoms with Gasteiger partial charge in [-0.3, -0.25) is 4.79 Å². The highest BCUT2D eigenvalue weighted by atomic mass is 16.4. The van der Waals surface area contributed by atoms with Crippen LogP contribution in [0.3, 0.4) is 0 Å². The number of aryl methyl sites for hydroxylation is 1. The van der Waals surface area contributed by atoms with Crippen molar-refractivity contribution in [1.29, 1.82) is 0 Å². The Hall–Kier alpha value is -1.51. The van der Waals surface area contributed by atoms with Crippen molar-refractivity contribution < 1.29 is 9.90 Å². The first-order chi connectivity index (χ1) is 10.1. The minimum atomic E-state index is -0.765. The van der Waals surface area contributed by atoms with Crippen molar-refractivity contribution >= 4 is 11.7 Å². The third-order valence-electron chi connectivity index (χ3n) is 3.76. The fourth-order valence-corrected chi connectivity index (χ4v) is 2.48. The van der Waals surface area contributed by atoms with Gasteiger partial charge in [0.25, 0.3) is 0 Å². The molecular weight excluding hydrogens is 262 g/mol. The molecule has 0 aliphatic heterocycles. The Bertz CT molecular complexity index is 400. The van der Waals surface area contributed by atoms with E-state index in [2.05, 4.69) is 6.92 Å². The van der Waals surface area contributed by atoms with Gasteiger partial charge in [-0.1, -0.05) is 63.1 Å². The molecule has 0 radical (unpaired) electrons. The van der Waals surface area contributed by atoms with Gasteiger partial charge < -0.3 is 10.0 Å². The summed E-state index contributed by atoms with van der Waals surface area (Å²) in [5.74, 6) is -0.765. The van der Waals surface area contributed by atoms with Gasteiger partial charge in [-0.25, -0.2) is 0 Å². The van der Waals surface area contributed by atoms with Crippen LogP contribution < -0.4 is 4.90 Å². The number of rotatable bonds is 11. The fraction of sp³-hybridized carbons (Fsp3) is 0.611. The number of anilines is 1. The number of hydrogen-bond donors (Lipinski definition) is 1. The molecule has 0 bridgehead atoms. The molecule has 0 unspecified atom stereocenters. The van der Waals surface area contributed by atoms with Crippen molar-refractivity contribution in [3.05, 3.63) is 29.8 Å². The summed E-state index contributed by atoms with van der Waals surface area (Å²) in [4.78, 5) is 13.0. The smallest absolute Gasteiger partial charge is 0.323 e. The average molecular weight is 291 g/mol. The van der Waals surface area contributed by atoms with Gasteiger partial charge in [-0.2, -0.15) is 0 Å². The zero-order valence-corrected chi connectivity index (χ0v) is 13.5. The number of nitrogens with zero attached hydrogens (tertiary/aromatic N) is 1. The molecule has 0 aliphatic carbocycles. The summed E-state index contributed by atoms with van der Waals surface area (Å²) < 4.78 is 0. The molecule has 3 nitrogen and oxygen atoms in total. The summed E-state index contributed by atoms with van der Waals surface area (Å²) in [6, 6.07) is 8.10. The number of carbonyl (C=O) groups is 1. The van der Waals surface area contributed by atoms with Gasteiger partial charge in [0.2, 0.25) is 0 Å². The van der Waals surface area contributed by atoms with Crippen molar-refractivity contribution in [3.8, 4) is 0 Å². The van der Waals surface area contributed by atoms with E-state index in [-0.39, 0.29) is 6.54 Å². The molecule has 1 rings (SSSR count). The van der Waals surface area contributed by atoms with E-state index in [9.17, 15) is 4.79 Å². The molecule has 1 aromatic carbocycles. The molecule has 0 fully saturated rings. The van der Waals surface area contributed by atoms with Gasteiger partial charge in [0.1, 0.15) is 6.54 Å². The normalized spacial score (nSPS) is 10.6. The van der Waals surface area contributed by atoms with E-state index in [0.717, 1.165) is 18.7 Å². The third-order valence-corrected chi connectivity index (χ3v) is 3.76. The number of aliphatic carboxylic acids is 1. The monoisotopic (exact) mass is 291 g/mol. The van der Waals surface area contributed by atoms with E-state index < -0.39 is 5.97 Å². The minimum Gasteiger partial charge on any atom is -0.480 e. The Labute approximate surface area is 129 Å². The van der Waals surface area contributed by atoms with E-state index >= 15 is 0 Å². The molecule has 0 heterocycles. The zero-order valence-electron chi connectivity index (χ0n) is 13.5. The van der Waals surface area contributed by atoms with Gasteiger partial charge in [-0.05, 0) is 25.5 Å². The Balaban J connectivity index is 2.37. The second-order valence-corrected chi connectivity index (χ2v) is 5.77. The Morgan fingerprint density at radius 3 is 2.14 bits per heavy atom. The first-order valence-corrected chi connectivity index (χ1v) is 8.17. The maximum absolute atomic E-state index is 11.0. The summed E-state index contributed by atoms with van der Waals surface area (Å²) in [5.41, 5.74) is 2.21. The second-order valence-electron chi connectivity index (χ2n) is 5.77. The lowest BCUT2D eigenvalue weighted by atomic mass is 10.1. The van der Waals surface area contributed by atoms with Gasteiger partial charge in [0.05, 0.1) is 0 Å². The Morgan fingerprint density at radius 1 is 1.00 bits per heavy atom. The molecule has 1 N–H and O–H groups in total.